The van der Waals surface area contributed by atoms with Gasteiger partial charge in [-0.3, -0.25) is 0 Å². The number of hydrogen-bond donors (Lipinski definition) is 1. The SMILES string of the molecule is Cc1noc2c(CCN)cc(Br)cc12. The summed E-state index contributed by atoms with van der Waals surface area (Å²) >= 11 is 3.46. The number of benzene rings is 1. The van der Waals surface area contributed by atoms with Crippen LogP contribution in [0.4, 0.5) is 0 Å². The van der Waals surface area contributed by atoms with E-state index in [2.05, 4.69) is 21.1 Å². The van der Waals surface area contributed by atoms with Crippen LogP contribution < -0.4 is 5.73 Å². The Labute approximate surface area is 90.4 Å². The number of hydrogen-bond acceptors (Lipinski definition) is 3. The third-order valence-electron chi connectivity index (χ3n) is 2.21. The molecule has 0 atom stereocenters. The molecule has 0 radical (unpaired) electrons. The van der Waals surface area contributed by atoms with Gasteiger partial charge in [-0.15, -0.1) is 0 Å². The van der Waals surface area contributed by atoms with Gasteiger partial charge in [0, 0.05) is 15.4 Å². The van der Waals surface area contributed by atoms with Crippen molar-refractivity contribution in [3.63, 3.8) is 0 Å². The summed E-state index contributed by atoms with van der Waals surface area (Å²) in [5, 5.41) is 5.00. The Morgan fingerprint density at radius 3 is 3.00 bits per heavy atom. The van der Waals surface area contributed by atoms with Crippen LogP contribution in [-0.4, -0.2) is 11.7 Å². The minimum atomic E-state index is 0.616. The topological polar surface area (TPSA) is 52.0 Å². The minimum Gasteiger partial charge on any atom is -0.356 e. The molecule has 0 spiro atoms. The highest BCUT2D eigenvalue weighted by Crippen LogP contribution is 2.26. The number of nitrogens with two attached hydrogens (primary N) is 1. The van der Waals surface area contributed by atoms with Gasteiger partial charge in [0.05, 0.1) is 5.69 Å². The zero-order chi connectivity index (χ0) is 10.1. The first-order valence-electron chi connectivity index (χ1n) is 4.47. The fourth-order valence-corrected chi connectivity index (χ4v) is 2.04. The minimum absolute atomic E-state index is 0.616. The van der Waals surface area contributed by atoms with Crippen molar-refractivity contribution in [3.8, 4) is 0 Å². The molecule has 2 rings (SSSR count). The van der Waals surface area contributed by atoms with E-state index in [1.54, 1.807) is 0 Å². The molecule has 3 nitrogen and oxygen atoms in total. The summed E-state index contributed by atoms with van der Waals surface area (Å²) in [6, 6.07) is 4.04. The van der Waals surface area contributed by atoms with E-state index in [4.69, 9.17) is 10.3 Å². The van der Waals surface area contributed by atoms with Crippen LogP contribution in [0.25, 0.3) is 11.0 Å². The maximum atomic E-state index is 5.53. The predicted molar refractivity (Wildman–Crippen MR) is 59.2 cm³/mol. The molecule has 0 bridgehead atoms. The molecule has 0 amide bonds. The first-order chi connectivity index (χ1) is 6.72. The molecule has 0 aliphatic carbocycles. The zero-order valence-electron chi connectivity index (χ0n) is 7.88. The second-order valence-corrected chi connectivity index (χ2v) is 4.16. The zero-order valence-corrected chi connectivity index (χ0v) is 9.47. The molecule has 0 aliphatic heterocycles. The van der Waals surface area contributed by atoms with Gasteiger partial charge in [-0.1, -0.05) is 21.1 Å². The van der Waals surface area contributed by atoms with E-state index in [0.717, 1.165) is 33.1 Å². The van der Waals surface area contributed by atoms with Crippen LogP contribution in [0.2, 0.25) is 0 Å². The average Bonchev–Trinajstić information content (AvgIpc) is 2.49. The van der Waals surface area contributed by atoms with Gasteiger partial charge in [0.2, 0.25) is 0 Å². The fraction of sp³-hybridized carbons (Fsp3) is 0.300. The molecule has 1 aromatic heterocycles. The van der Waals surface area contributed by atoms with Gasteiger partial charge in [-0.25, -0.2) is 0 Å². The molecular weight excluding hydrogens is 244 g/mol. The summed E-state index contributed by atoms with van der Waals surface area (Å²) < 4.78 is 6.30. The third-order valence-corrected chi connectivity index (χ3v) is 2.67. The molecule has 2 aromatic rings. The van der Waals surface area contributed by atoms with Crippen molar-refractivity contribution in [2.24, 2.45) is 5.73 Å². The lowest BCUT2D eigenvalue weighted by molar-refractivity contribution is 0.448. The molecule has 0 fully saturated rings. The predicted octanol–water partition coefficient (Wildman–Crippen LogP) is 2.40. The Balaban J connectivity index is 2.68. The third kappa shape index (κ3) is 1.55. The highest BCUT2D eigenvalue weighted by Gasteiger charge is 2.09. The Bertz CT molecular complexity index is 464. The summed E-state index contributed by atoms with van der Waals surface area (Å²) in [6.07, 6.45) is 0.810. The first-order valence-corrected chi connectivity index (χ1v) is 5.26. The van der Waals surface area contributed by atoms with E-state index in [9.17, 15) is 0 Å². The summed E-state index contributed by atoms with van der Waals surface area (Å²) in [5.74, 6) is 0. The lowest BCUT2D eigenvalue weighted by atomic mass is 10.1. The van der Waals surface area contributed by atoms with Crippen LogP contribution in [-0.2, 0) is 6.42 Å². The lowest BCUT2D eigenvalue weighted by Gasteiger charge is -2.00. The average molecular weight is 255 g/mol. The lowest BCUT2D eigenvalue weighted by Crippen LogP contribution is -2.02. The molecular formula is C10H11BrN2O. The van der Waals surface area contributed by atoms with Gasteiger partial charge in [-0.05, 0) is 32.0 Å². The monoisotopic (exact) mass is 254 g/mol. The van der Waals surface area contributed by atoms with Crippen molar-refractivity contribution in [2.75, 3.05) is 6.54 Å². The molecule has 0 aliphatic rings. The van der Waals surface area contributed by atoms with Gasteiger partial charge in [0.1, 0.15) is 0 Å². The van der Waals surface area contributed by atoms with Crippen LogP contribution in [0.3, 0.4) is 0 Å². The normalized spacial score (nSPS) is 11.1. The number of aryl methyl sites for hydroxylation is 1. The van der Waals surface area contributed by atoms with Crippen LogP contribution >= 0.6 is 15.9 Å². The van der Waals surface area contributed by atoms with E-state index in [-0.39, 0.29) is 0 Å². The Hall–Kier alpha value is -0.870. The Morgan fingerprint density at radius 1 is 1.50 bits per heavy atom. The van der Waals surface area contributed by atoms with Crippen LogP contribution in [0.5, 0.6) is 0 Å². The van der Waals surface area contributed by atoms with Crippen molar-refractivity contribution in [2.45, 2.75) is 13.3 Å². The Morgan fingerprint density at radius 2 is 2.29 bits per heavy atom. The maximum Gasteiger partial charge on any atom is 0.170 e. The van der Waals surface area contributed by atoms with Crippen molar-refractivity contribution in [1.29, 1.82) is 0 Å². The summed E-state index contributed by atoms with van der Waals surface area (Å²) in [4.78, 5) is 0. The molecule has 14 heavy (non-hydrogen) atoms. The second kappa shape index (κ2) is 3.71. The van der Waals surface area contributed by atoms with Crippen molar-refractivity contribution in [3.05, 3.63) is 27.9 Å². The molecule has 1 aromatic carbocycles. The number of aromatic nitrogens is 1. The second-order valence-electron chi connectivity index (χ2n) is 3.25. The van der Waals surface area contributed by atoms with Crippen LogP contribution in [0, 0.1) is 6.92 Å². The Kier molecular flexibility index (Phi) is 2.56. The summed E-state index contributed by atoms with van der Waals surface area (Å²) in [6.45, 7) is 2.55. The first kappa shape index (κ1) is 9.68. The quantitative estimate of drug-likeness (QED) is 0.896. The van der Waals surface area contributed by atoms with Gasteiger partial charge >= 0.3 is 0 Å². The fourth-order valence-electron chi connectivity index (χ4n) is 1.53. The van der Waals surface area contributed by atoms with E-state index in [1.807, 2.05) is 19.1 Å². The molecule has 4 heteroatoms. The smallest absolute Gasteiger partial charge is 0.170 e. The van der Waals surface area contributed by atoms with E-state index >= 15 is 0 Å². The van der Waals surface area contributed by atoms with Crippen LogP contribution in [0.15, 0.2) is 21.1 Å². The van der Waals surface area contributed by atoms with Gasteiger partial charge in [0.15, 0.2) is 5.58 Å². The number of rotatable bonds is 2. The molecule has 74 valence electrons. The number of halogens is 1. The number of nitrogens with zero attached hydrogens (tertiary/aromatic N) is 1. The summed E-state index contributed by atoms with van der Waals surface area (Å²) in [5.41, 5.74) is 8.41. The highest BCUT2D eigenvalue weighted by molar-refractivity contribution is 9.10. The van der Waals surface area contributed by atoms with E-state index < -0.39 is 0 Å². The largest absolute Gasteiger partial charge is 0.356 e. The number of fused-ring (bicyclic) bond motifs is 1. The van der Waals surface area contributed by atoms with Crippen LogP contribution in [0.1, 0.15) is 11.3 Å². The maximum absolute atomic E-state index is 5.53. The van der Waals surface area contributed by atoms with Crippen molar-refractivity contribution < 1.29 is 4.52 Å². The highest BCUT2D eigenvalue weighted by atomic mass is 79.9. The molecule has 2 N–H and O–H groups in total. The standard InChI is InChI=1S/C10H11BrN2O/c1-6-9-5-8(11)4-7(2-3-12)10(9)14-13-6/h4-5H,2-3,12H2,1H3. The van der Waals surface area contributed by atoms with Crippen molar-refractivity contribution in [1.82, 2.24) is 5.16 Å². The van der Waals surface area contributed by atoms with Crippen molar-refractivity contribution >= 4 is 26.9 Å². The van der Waals surface area contributed by atoms with Gasteiger partial charge in [-0.2, -0.15) is 0 Å². The molecule has 0 saturated carbocycles. The molecule has 0 unspecified atom stereocenters. The van der Waals surface area contributed by atoms with Gasteiger partial charge in [0.25, 0.3) is 0 Å². The summed E-state index contributed by atoms with van der Waals surface area (Å²) in [7, 11) is 0. The van der Waals surface area contributed by atoms with E-state index in [1.165, 1.54) is 0 Å². The molecule has 0 saturated heterocycles. The van der Waals surface area contributed by atoms with Gasteiger partial charge < -0.3 is 10.3 Å². The van der Waals surface area contributed by atoms with E-state index in [0.29, 0.717) is 6.54 Å². The molecule has 1 heterocycles.